The zero-order chi connectivity index (χ0) is 10.4. The van der Waals surface area contributed by atoms with Crippen molar-refractivity contribution >= 4 is 29.2 Å². The Morgan fingerprint density at radius 2 is 2.43 bits per heavy atom. The molecule has 0 heterocycles. The Morgan fingerprint density at radius 3 is 3.07 bits per heavy atom. The van der Waals surface area contributed by atoms with Gasteiger partial charge in [-0.25, -0.2) is 4.79 Å². The molecule has 0 bridgehead atoms. The van der Waals surface area contributed by atoms with Gasteiger partial charge in [0.25, 0.3) is 0 Å². The van der Waals surface area contributed by atoms with Crippen molar-refractivity contribution in [3.63, 3.8) is 0 Å². The molecule has 1 amide bonds. The van der Waals surface area contributed by atoms with Crippen molar-refractivity contribution in [1.29, 1.82) is 0 Å². The van der Waals surface area contributed by atoms with Gasteiger partial charge in [0.1, 0.15) is 5.75 Å². The van der Waals surface area contributed by atoms with Crippen LogP contribution in [0.15, 0.2) is 29.3 Å². The first-order valence-corrected chi connectivity index (χ1v) is 4.24. The summed E-state index contributed by atoms with van der Waals surface area (Å²) in [5, 5.41) is 4.57. The van der Waals surface area contributed by atoms with E-state index in [1.807, 2.05) is 0 Å². The third-order valence-corrected chi connectivity index (χ3v) is 1.50. The van der Waals surface area contributed by atoms with Crippen LogP contribution in [0, 0.1) is 0 Å². The maximum atomic E-state index is 10.9. The van der Waals surface area contributed by atoms with Crippen LogP contribution in [0.25, 0.3) is 0 Å². The lowest BCUT2D eigenvalue weighted by molar-refractivity contribution is 0.203. The van der Waals surface area contributed by atoms with Gasteiger partial charge >= 0.3 is 6.09 Å². The molecule has 14 heavy (non-hydrogen) atoms. The zero-order valence-electron chi connectivity index (χ0n) is 7.48. The molecule has 0 spiro atoms. The van der Waals surface area contributed by atoms with E-state index < -0.39 is 6.09 Å². The Hall–Kier alpha value is -1.71. The van der Waals surface area contributed by atoms with E-state index in [2.05, 4.69) is 27.7 Å². The molecule has 0 aliphatic rings. The number of nitrogens with zero attached hydrogens (tertiary/aromatic N) is 1. The number of hydrogen-bond donors (Lipinski definition) is 1. The number of carbonyl (C=O) groups excluding carboxylic acids is 1. The molecule has 0 aromatic heterocycles. The van der Waals surface area contributed by atoms with Crippen LogP contribution in [0.1, 0.15) is 0 Å². The number of benzene rings is 1. The second-order valence-electron chi connectivity index (χ2n) is 2.34. The first-order valence-electron chi connectivity index (χ1n) is 3.84. The lowest BCUT2D eigenvalue weighted by atomic mass is 10.3. The predicted octanol–water partition coefficient (Wildman–Crippen LogP) is 2.14. The summed E-state index contributed by atoms with van der Waals surface area (Å²) in [5.41, 5.74) is 0.599. The molecular weight excluding hydrogens is 200 g/mol. The smallest absolute Gasteiger partial charge is 0.410 e. The van der Waals surface area contributed by atoms with Crippen molar-refractivity contribution < 1.29 is 9.53 Å². The van der Waals surface area contributed by atoms with E-state index in [0.717, 1.165) is 0 Å². The molecule has 72 valence electrons. The molecule has 0 aliphatic carbocycles. The van der Waals surface area contributed by atoms with Gasteiger partial charge in [0.2, 0.25) is 0 Å². The highest BCUT2D eigenvalue weighted by atomic mass is 32.1. The molecule has 0 radical (unpaired) electrons. The molecule has 1 N–H and O–H groups in total. The molecule has 0 atom stereocenters. The Kier molecular flexibility index (Phi) is 3.79. The fourth-order valence-electron chi connectivity index (χ4n) is 0.827. The molecule has 1 rings (SSSR count). The lowest BCUT2D eigenvalue weighted by Gasteiger charge is -2.02. The van der Waals surface area contributed by atoms with Crippen molar-refractivity contribution in [3.05, 3.63) is 24.3 Å². The summed E-state index contributed by atoms with van der Waals surface area (Å²) in [5.74, 6) is 0.413. The van der Waals surface area contributed by atoms with Gasteiger partial charge < -0.3 is 10.1 Å². The first kappa shape index (κ1) is 10.4. The number of ether oxygens (including phenoxy) is 1. The minimum atomic E-state index is -0.520. The van der Waals surface area contributed by atoms with Gasteiger partial charge in [0.15, 0.2) is 0 Å². The molecule has 4 nitrogen and oxygen atoms in total. The summed E-state index contributed by atoms with van der Waals surface area (Å²) >= 11 is 4.45. The van der Waals surface area contributed by atoms with E-state index in [1.54, 1.807) is 24.3 Å². The second kappa shape index (κ2) is 5.11. The van der Waals surface area contributed by atoms with E-state index in [4.69, 9.17) is 4.74 Å². The van der Waals surface area contributed by atoms with E-state index >= 15 is 0 Å². The Bertz CT molecular complexity index is 386. The molecule has 1 aromatic carbocycles. The largest absolute Gasteiger partial charge is 0.412 e. The van der Waals surface area contributed by atoms with E-state index in [0.29, 0.717) is 11.4 Å². The molecule has 1 aromatic rings. The number of isothiocyanates is 1. The molecule has 0 saturated heterocycles. The van der Waals surface area contributed by atoms with Gasteiger partial charge in [-0.2, -0.15) is 4.99 Å². The van der Waals surface area contributed by atoms with Gasteiger partial charge in [-0.15, -0.1) is 0 Å². The highest BCUT2D eigenvalue weighted by Crippen LogP contribution is 2.19. The third-order valence-electron chi connectivity index (χ3n) is 1.41. The molecule has 0 saturated carbocycles. The quantitative estimate of drug-likeness (QED) is 0.598. The van der Waals surface area contributed by atoms with Crippen LogP contribution in [0.5, 0.6) is 5.75 Å². The van der Waals surface area contributed by atoms with Crippen LogP contribution in [0.2, 0.25) is 0 Å². The van der Waals surface area contributed by atoms with Gasteiger partial charge in [-0.1, -0.05) is 6.07 Å². The van der Waals surface area contributed by atoms with Crippen molar-refractivity contribution in [3.8, 4) is 5.75 Å². The highest BCUT2D eigenvalue weighted by molar-refractivity contribution is 7.78. The van der Waals surface area contributed by atoms with E-state index in [-0.39, 0.29) is 0 Å². The topological polar surface area (TPSA) is 50.7 Å². The molecule has 5 heteroatoms. The Balaban J connectivity index is 2.83. The molecular formula is C9H8N2O2S. The number of carbonyl (C=O) groups is 1. The highest BCUT2D eigenvalue weighted by Gasteiger charge is 2.00. The SMILES string of the molecule is CNC(=O)Oc1cccc(N=C=S)c1. The monoisotopic (exact) mass is 208 g/mol. The second-order valence-corrected chi connectivity index (χ2v) is 2.52. The average molecular weight is 208 g/mol. The predicted molar refractivity (Wildman–Crippen MR) is 56.2 cm³/mol. The number of hydrogen-bond acceptors (Lipinski definition) is 4. The summed E-state index contributed by atoms with van der Waals surface area (Å²) in [6.07, 6.45) is -0.520. The minimum absolute atomic E-state index is 0.413. The lowest BCUT2D eigenvalue weighted by Crippen LogP contribution is -2.21. The van der Waals surface area contributed by atoms with Gasteiger partial charge in [-0.3, -0.25) is 0 Å². The Morgan fingerprint density at radius 1 is 1.64 bits per heavy atom. The summed E-state index contributed by atoms with van der Waals surface area (Å²) in [6, 6.07) is 6.69. The van der Waals surface area contributed by atoms with Crippen molar-refractivity contribution in [2.75, 3.05) is 7.05 Å². The number of amides is 1. The van der Waals surface area contributed by atoms with E-state index in [9.17, 15) is 4.79 Å². The number of thiocarbonyl (C=S) groups is 1. The van der Waals surface area contributed by atoms with Crippen LogP contribution in [0.3, 0.4) is 0 Å². The van der Waals surface area contributed by atoms with Crippen molar-refractivity contribution in [2.24, 2.45) is 4.99 Å². The van der Waals surface area contributed by atoms with Crippen LogP contribution in [-0.2, 0) is 0 Å². The zero-order valence-corrected chi connectivity index (χ0v) is 8.30. The normalized spacial score (nSPS) is 8.64. The molecule has 0 aliphatic heterocycles. The summed E-state index contributed by atoms with van der Waals surface area (Å²) in [7, 11) is 1.49. The maximum absolute atomic E-state index is 10.9. The standard InChI is InChI=1S/C9H8N2O2S/c1-10-9(12)13-8-4-2-3-7(5-8)11-6-14/h2-5H,1H3,(H,10,12). The molecule has 0 unspecified atom stereocenters. The average Bonchev–Trinajstić information content (AvgIpc) is 2.19. The number of rotatable bonds is 2. The third kappa shape index (κ3) is 2.97. The summed E-state index contributed by atoms with van der Waals surface area (Å²) < 4.78 is 4.88. The maximum Gasteiger partial charge on any atom is 0.412 e. The van der Waals surface area contributed by atoms with Crippen LogP contribution >= 0.6 is 12.2 Å². The van der Waals surface area contributed by atoms with Crippen molar-refractivity contribution in [1.82, 2.24) is 5.32 Å². The molecule has 0 fully saturated rings. The first-order chi connectivity index (χ1) is 6.76. The minimum Gasteiger partial charge on any atom is -0.410 e. The van der Waals surface area contributed by atoms with Crippen LogP contribution in [0.4, 0.5) is 10.5 Å². The van der Waals surface area contributed by atoms with Crippen molar-refractivity contribution in [2.45, 2.75) is 0 Å². The van der Waals surface area contributed by atoms with Crippen LogP contribution < -0.4 is 10.1 Å². The number of nitrogens with one attached hydrogen (secondary N) is 1. The fraction of sp³-hybridized carbons (Fsp3) is 0.111. The fourth-order valence-corrected chi connectivity index (χ4v) is 0.933. The van der Waals surface area contributed by atoms with E-state index in [1.165, 1.54) is 7.05 Å². The van der Waals surface area contributed by atoms with Crippen LogP contribution in [-0.4, -0.2) is 18.3 Å². The Labute approximate surface area is 86.6 Å². The summed E-state index contributed by atoms with van der Waals surface area (Å²) in [4.78, 5) is 14.6. The van der Waals surface area contributed by atoms with Gasteiger partial charge in [-0.05, 0) is 24.4 Å². The van der Waals surface area contributed by atoms with Gasteiger partial charge in [0.05, 0.1) is 10.8 Å². The summed E-state index contributed by atoms with van der Waals surface area (Å²) in [6.45, 7) is 0. The number of aliphatic imine (C=N–C) groups is 1. The van der Waals surface area contributed by atoms with Gasteiger partial charge in [0, 0.05) is 13.1 Å².